The summed E-state index contributed by atoms with van der Waals surface area (Å²) >= 11 is 1.49. The van der Waals surface area contributed by atoms with Crippen LogP contribution in [0.1, 0.15) is 22.5 Å². The van der Waals surface area contributed by atoms with Crippen LogP contribution in [-0.2, 0) is 10.3 Å². The predicted octanol–water partition coefficient (Wildman–Crippen LogP) is 1.02. The van der Waals surface area contributed by atoms with Gasteiger partial charge in [-0.1, -0.05) is 23.3 Å². The Morgan fingerprint density at radius 2 is 2.25 bits per heavy atom. The molecule has 9 heteroatoms. The van der Waals surface area contributed by atoms with E-state index < -0.39 is 5.54 Å². The van der Waals surface area contributed by atoms with Gasteiger partial charge in [0, 0.05) is 35.7 Å². The van der Waals surface area contributed by atoms with Gasteiger partial charge in [0.05, 0.1) is 6.61 Å². The molecule has 1 saturated heterocycles. The van der Waals surface area contributed by atoms with Crippen molar-refractivity contribution >= 4 is 41.8 Å². The second-order valence-electron chi connectivity index (χ2n) is 7.09. The van der Waals surface area contributed by atoms with Crippen LogP contribution < -0.4 is 16.5 Å². The number of hydrogen-bond acceptors (Lipinski definition) is 6. The smallest absolute Gasteiger partial charge is 0.274 e. The molecular formula is C19H20BFN4O2S. The van der Waals surface area contributed by atoms with Crippen molar-refractivity contribution in [2.45, 2.75) is 12.0 Å². The van der Waals surface area contributed by atoms with E-state index >= 15 is 0 Å². The van der Waals surface area contributed by atoms with Crippen LogP contribution in [0.5, 0.6) is 0 Å². The Kier molecular flexibility index (Phi) is 5.12. The number of aromatic nitrogens is 1. The van der Waals surface area contributed by atoms with E-state index in [1.54, 1.807) is 18.3 Å². The van der Waals surface area contributed by atoms with E-state index in [0.29, 0.717) is 28.7 Å². The highest BCUT2D eigenvalue weighted by Crippen LogP contribution is 2.45. The average molecular weight is 398 g/mol. The molecule has 0 bridgehead atoms. The number of hydrogen-bond donors (Lipinski definition) is 2. The topological polar surface area (TPSA) is 89.6 Å². The van der Waals surface area contributed by atoms with Gasteiger partial charge in [-0.05, 0) is 30.7 Å². The summed E-state index contributed by atoms with van der Waals surface area (Å²) in [6.07, 6.45) is 2.41. The zero-order valence-corrected chi connectivity index (χ0v) is 16.3. The van der Waals surface area contributed by atoms with Crippen molar-refractivity contribution in [3.63, 3.8) is 0 Å². The van der Waals surface area contributed by atoms with Gasteiger partial charge in [0.25, 0.3) is 5.91 Å². The van der Waals surface area contributed by atoms with Crippen molar-refractivity contribution in [1.29, 1.82) is 0 Å². The summed E-state index contributed by atoms with van der Waals surface area (Å²) < 4.78 is 20.5. The molecule has 2 atom stereocenters. The minimum Gasteiger partial charge on any atom is -0.379 e. The van der Waals surface area contributed by atoms with Crippen LogP contribution in [0.25, 0.3) is 0 Å². The SMILES string of the molecule is Bc1ccc(C(=O)Nc2ccc(F)c(C34COCCC3CSC(N)=N4)c2)nc1. The maximum Gasteiger partial charge on any atom is 0.274 e. The molecule has 1 fully saturated rings. The predicted molar refractivity (Wildman–Crippen MR) is 111 cm³/mol. The van der Waals surface area contributed by atoms with E-state index in [1.165, 1.54) is 23.9 Å². The van der Waals surface area contributed by atoms with E-state index in [9.17, 15) is 9.18 Å². The molecule has 2 aliphatic rings. The lowest BCUT2D eigenvalue weighted by molar-refractivity contribution is 0.00304. The third-order valence-corrected chi connectivity index (χ3v) is 6.14. The number of ether oxygens (including phenoxy) is 1. The lowest BCUT2D eigenvalue weighted by Crippen LogP contribution is -2.48. The average Bonchev–Trinajstić information content (AvgIpc) is 2.69. The number of nitrogens with two attached hydrogens (primary N) is 1. The van der Waals surface area contributed by atoms with Crippen molar-refractivity contribution in [2.75, 3.05) is 24.3 Å². The molecule has 2 unspecified atom stereocenters. The Hall–Kier alpha value is -2.39. The molecule has 0 radical (unpaired) electrons. The molecule has 1 amide bonds. The summed E-state index contributed by atoms with van der Waals surface area (Å²) in [5.41, 5.74) is 7.26. The first-order valence-corrected chi connectivity index (χ1v) is 10.1. The number of aliphatic imine (C=N–C) groups is 1. The van der Waals surface area contributed by atoms with Crippen LogP contribution in [-0.4, -0.2) is 42.9 Å². The fourth-order valence-corrected chi connectivity index (χ4v) is 4.70. The first-order valence-electron chi connectivity index (χ1n) is 9.08. The number of benzene rings is 1. The minimum absolute atomic E-state index is 0.123. The molecule has 0 saturated carbocycles. The monoisotopic (exact) mass is 398 g/mol. The van der Waals surface area contributed by atoms with E-state index in [1.807, 2.05) is 13.9 Å². The minimum atomic E-state index is -0.861. The van der Waals surface area contributed by atoms with Crippen molar-refractivity contribution in [3.05, 3.63) is 53.6 Å². The van der Waals surface area contributed by atoms with Crippen LogP contribution >= 0.6 is 11.8 Å². The third-order valence-electron chi connectivity index (χ3n) is 5.18. The van der Waals surface area contributed by atoms with Gasteiger partial charge < -0.3 is 15.8 Å². The summed E-state index contributed by atoms with van der Waals surface area (Å²) in [5, 5.41) is 3.22. The Morgan fingerprint density at radius 1 is 1.39 bits per heavy atom. The van der Waals surface area contributed by atoms with Crippen molar-refractivity contribution < 1.29 is 13.9 Å². The van der Waals surface area contributed by atoms with Gasteiger partial charge in [-0.3, -0.25) is 9.78 Å². The molecule has 28 heavy (non-hydrogen) atoms. The zero-order valence-electron chi connectivity index (χ0n) is 15.4. The second-order valence-corrected chi connectivity index (χ2v) is 8.13. The normalized spacial score (nSPS) is 24.2. The van der Waals surface area contributed by atoms with Gasteiger partial charge in [-0.15, -0.1) is 0 Å². The Balaban J connectivity index is 1.68. The molecule has 1 aromatic carbocycles. The van der Waals surface area contributed by atoms with E-state index in [2.05, 4.69) is 15.3 Å². The third kappa shape index (κ3) is 3.52. The van der Waals surface area contributed by atoms with E-state index in [-0.39, 0.29) is 24.2 Å². The molecule has 144 valence electrons. The number of halogens is 1. The lowest BCUT2D eigenvalue weighted by Gasteiger charge is -2.43. The highest BCUT2D eigenvalue weighted by atomic mass is 32.2. The highest BCUT2D eigenvalue weighted by Gasteiger charge is 2.47. The summed E-state index contributed by atoms with van der Waals surface area (Å²) in [6.45, 7) is 0.895. The molecule has 4 rings (SSSR count). The summed E-state index contributed by atoms with van der Waals surface area (Å²) in [4.78, 5) is 21.2. The van der Waals surface area contributed by atoms with Gasteiger partial charge in [0.1, 0.15) is 24.9 Å². The largest absolute Gasteiger partial charge is 0.379 e. The Morgan fingerprint density at radius 3 is 3.04 bits per heavy atom. The number of pyridine rings is 1. The number of nitrogens with zero attached hydrogens (tertiary/aromatic N) is 2. The Labute approximate surface area is 167 Å². The molecule has 3 heterocycles. The number of carbonyl (C=O) groups excluding carboxylic acids is 1. The molecule has 2 aromatic rings. The number of fused-ring (bicyclic) bond motifs is 1. The maximum atomic E-state index is 14.9. The maximum absolute atomic E-state index is 14.9. The second kappa shape index (κ2) is 7.56. The van der Waals surface area contributed by atoms with Gasteiger partial charge in [-0.2, -0.15) is 0 Å². The summed E-state index contributed by atoms with van der Waals surface area (Å²) in [7, 11) is 1.90. The molecule has 6 nitrogen and oxygen atoms in total. The summed E-state index contributed by atoms with van der Waals surface area (Å²) in [6, 6.07) is 7.99. The first kappa shape index (κ1) is 19.0. The van der Waals surface area contributed by atoms with Crippen LogP contribution in [0, 0.1) is 11.7 Å². The zero-order chi connectivity index (χ0) is 19.7. The molecule has 0 spiro atoms. The van der Waals surface area contributed by atoms with Crippen molar-refractivity contribution in [2.24, 2.45) is 16.6 Å². The number of amidine groups is 1. The van der Waals surface area contributed by atoms with Crippen LogP contribution in [0.3, 0.4) is 0 Å². The number of thioether (sulfide) groups is 1. The van der Waals surface area contributed by atoms with Crippen molar-refractivity contribution in [1.82, 2.24) is 4.98 Å². The molecule has 3 N–H and O–H groups in total. The highest BCUT2D eigenvalue weighted by molar-refractivity contribution is 8.13. The Bertz CT molecular complexity index is 940. The molecule has 1 aromatic heterocycles. The van der Waals surface area contributed by atoms with E-state index in [4.69, 9.17) is 10.5 Å². The van der Waals surface area contributed by atoms with Crippen LogP contribution in [0.15, 0.2) is 41.5 Å². The molecular weight excluding hydrogens is 378 g/mol. The standard InChI is InChI=1S/C19H20BFN4O2S/c20-12-1-4-16(23-8-12)17(26)24-13-2-3-15(21)14(7-13)19-10-27-6-5-11(19)9-28-18(22)25-19/h1-4,7-8,11H,5-6,9-10,20H2,(H2,22,25)(H,24,26). The van der Waals surface area contributed by atoms with Gasteiger partial charge in [0.15, 0.2) is 5.17 Å². The number of rotatable bonds is 3. The first-order chi connectivity index (χ1) is 13.5. The molecule has 2 aliphatic heterocycles. The van der Waals surface area contributed by atoms with E-state index in [0.717, 1.165) is 17.6 Å². The van der Waals surface area contributed by atoms with Gasteiger partial charge in [0.2, 0.25) is 0 Å². The van der Waals surface area contributed by atoms with Crippen molar-refractivity contribution in [3.8, 4) is 0 Å². The number of carbonyl (C=O) groups is 1. The number of amides is 1. The van der Waals surface area contributed by atoms with Crippen LogP contribution in [0.2, 0.25) is 0 Å². The number of nitrogens with one attached hydrogen (secondary N) is 1. The van der Waals surface area contributed by atoms with Gasteiger partial charge in [-0.25, -0.2) is 9.38 Å². The quantitative estimate of drug-likeness (QED) is 0.754. The summed E-state index contributed by atoms with van der Waals surface area (Å²) in [5.74, 6) is 0.152. The van der Waals surface area contributed by atoms with Crippen LogP contribution in [0.4, 0.5) is 10.1 Å². The fourth-order valence-electron chi connectivity index (χ4n) is 3.66. The lowest BCUT2D eigenvalue weighted by atomic mass is 9.76. The fraction of sp³-hybridized carbons (Fsp3) is 0.316. The molecule has 0 aliphatic carbocycles. The number of anilines is 1. The van der Waals surface area contributed by atoms with Gasteiger partial charge >= 0.3 is 0 Å².